The first kappa shape index (κ1) is 32.8. The molecule has 242 valence electrons. The van der Waals surface area contributed by atoms with E-state index in [4.69, 9.17) is 9.47 Å². The highest BCUT2D eigenvalue weighted by Crippen LogP contribution is 2.35. The summed E-state index contributed by atoms with van der Waals surface area (Å²) in [7, 11) is 0. The maximum atomic E-state index is 13.3. The quantitative estimate of drug-likeness (QED) is 0.0890. The number of amides is 1. The van der Waals surface area contributed by atoms with Gasteiger partial charge in [0.2, 0.25) is 0 Å². The Morgan fingerprint density at radius 3 is 2.17 bits per heavy atom. The van der Waals surface area contributed by atoms with Crippen molar-refractivity contribution in [1.29, 1.82) is 0 Å². The summed E-state index contributed by atoms with van der Waals surface area (Å²) >= 11 is 0. The molecule has 0 aliphatic heterocycles. The first-order valence-electron chi connectivity index (χ1n) is 16.8. The van der Waals surface area contributed by atoms with Crippen molar-refractivity contribution in [2.75, 3.05) is 11.9 Å². The summed E-state index contributed by atoms with van der Waals surface area (Å²) in [5, 5.41) is 23.6. The molecule has 0 aliphatic rings. The smallest absolute Gasteiger partial charge is 0.259 e. The number of anilines is 1. The Morgan fingerprint density at radius 2 is 1.39 bits per heavy atom. The SMILES string of the molecule is CCCCCCCCCCCCCCOc1ccccc1NC(=O)c1ccc2c(OCn3nnc4ccccc43)cccc2c1O. The van der Waals surface area contributed by atoms with Crippen LogP contribution < -0.4 is 14.8 Å². The van der Waals surface area contributed by atoms with E-state index in [0.717, 1.165) is 23.9 Å². The molecule has 8 nitrogen and oxygen atoms in total. The monoisotopic (exact) mass is 622 g/mol. The van der Waals surface area contributed by atoms with Crippen LogP contribution in [0.25, 0.3) is 21.8 Å². The van der Waals surface area contributed by atoms with Gasteiger partial charge in [-0.1, -0.05) is 119 Å². The zero-order chi connectivity index (χ0) is 32.0. The van der Waals surface area contributed by atoms with Crippen LogP contribution >= 0.6 is 0 Å². The fraction of sp³-hybridized carbons (Fsp3) is 0.395. The van der Waals surface area contributed by atoms with Gasteiger partial charge >= 0.3 is 0 Å². The lowest BCUT2D eigenvalue weighted by Gasteiger charge is -2.14. The molecule has 0 aliphatic carbocycles. The van der Waals surface area contributed by atoms with Crippen molar-refractivity contribution in [1.82, 2.24) is 15.0 Å². The van der Waals surface area contributed by atoms with Crippen molar-refractivity contribution >= 4 is 33.4 Å². The number of aromatic nitrogens is 3. The van der Waals surface area contributed by atoms with Gasteiger partial charge < -0.3 is 19.9 Å². The first-order chi connectivity index (χ1) is 22.7. The summed E-state index contributed by atoms with van der Waals surface area (Å²) in [5.41, 5.74) is 2.39. The third kappa shape index (κ3) is 8.77. The maximum Gasteiger partial charge on any atom is 0.259 e. The molecule has 0 atom stereocenters. The van der Waals surface area contributed by atoms with Gasteiger partial charge in [-0.05, 0) is 48.9 Å². The summed E-state index contributed by atoms with van der Waals surface area (Å²) in [6.07, 6.45) is 15.5. The van der Waals surface area contributed by atoms with Gasteiger partial charge in [0.15, 0.2) is 6.73 Å². The number of unbranched alkanes of at least 4 members (excludes halogenated alkanes) is 11. The van der Waals surface area contributed by atoms with Crippen LogP contribution in [-0.4, -0.2) is 32.6 Å². The van der Waals surface area contributed by atoms with Crippen LogP contribution in [0.15, 0.2) is 78.9 Å². The average molecular weight is 623 g/mol. The molecule has 0 saturated heterocycles. The fourth-order valence-corrected chi connectivity index (χ4v) is 5.78. The topological polar surface area (TPSA) is 98.5 Å². The molecule has 2 N–H and O–H groups in total. The molecule has 1 aromatic heterocycles. The molecule has 0 bridgehead atoms. The zero-order valence-corrected chi connectivity index (χ0v) is 26.9. The van der Waals surface area contributed by atoms with Crippen molar-refractivity contribution in [3.8, 4) is 17.2 Å². The highest BCUT2D eigenvalue weighted by molar-refractivity contribution is 6.11. The van der Waals surface area contributed by atoms with E-state index >= 15 is 0 Å². The Kier molecular flexibility index (Phi) is 12.3. The summed E-state index contributed by atoms with van der Waals surface area (Å²) in [6.45, 7) is 3.01. The second kappa shape index (κ2) is 17.2. The predicted octanol–water partition coefficient (Wildman–Crippen LogP) is 9.66. The molecule has 0 fully saturated rings. The van der Waals surface area contributed by atoms with Crippen molar-refractivity contribution in [3.05, 3.63) is 84.4 Å². The van der Waals surface area contributed by atoms with E-state index in [1.54, 1.807) is 28.9 Å². The van der Waals surface area contributed by atoms with Gasteiger partial charge in [0, 0.05) is 10.8 Å². The number of ether oxygens (including phenoxy) is 2. The number of nitrogens with one attached hydrogen (secondary N) is 1. The number of phenols is 1. The van der Waals surface area contributed by atoms with E-state index in [1.807, 2.05) is 54.6 Å². The highest BCUT2D eigenvalue weighted by atomic mass is 16.5. The number of fused-ring (bicyclic) bond motifs is 2. The second-order valence-corrected chi connectivity index (χ2v) is 11.9. The predicted molar refractivity (Wildman–Crippen MR) is 185 cm³/mol. The molecular weight excluding hydrogens is 576 g/mol. The minimum absolute atomic E-state index is 0.110. The summed E-state index contributed by atoms with van der Waals surface area (Å²) in [4.78, 5) is 13.3. The van der Waals surface area contributed by atoms with Crippen LogP contribution in [-0.2, 0) is 6.73 Å². The number of aromatic hydroxyl groups is 1. The summed E-state index contributed by atoms with van der Waals surface area (Å²) < 4.78 is 13.8. The van der Waals surface area contributed by atoms with Crippen LogP contribution in [0.5, 0.6) is 17.2 Å². The maximum absolute atomic E-state index is 13.3. The molecule has 5 rings (SSSR count). The first-order valence-corrected chi connectivity index (χ1v) is 16.8. The van der Waals surface area contributed by atoms with Gasteiger partial charge in [-0.25, -0.2) is 4.68 Å². The number of carbonyl (C=O) groups excluding carboxylic acids is 1. The van der Waals surface area contributed by atoms with Gasteiger partial charge in [-0.3, -0.25) is 4.79 Å². The molecule has 0 unspecified atom stereocenters. The van der Waals surface area contributed by atoms with E-state index in [2.05, 4.69) is 22.6 Å². The lowest BCUT2D eigenvalue weighted by Crippen LogP contribution is -2.13. The van der Waals surface area contributed by atoms with Gasteiger partial charge in [0.1, 0.15) is 22.8 Å². The van der Waals surface area contributed by atoms with Crippen molar-refractivity contribution in [2.24, 2.45) is 0 Å². The molecule has 0 radical (unpaired) electrons. The summed E-state index contributed by atoms with van der Waals surface area (Å²) in [5.74, 6) is 0.661. The van der Waals surface area contributed by atoms with Gasteiger partial charge in [0.05, 0.1) is 23.4 Å². The van der Waals surface area contributed by atoms with Crippen LogP contribution in [0.2, 0.25) is 0 Å². The Morgan fingerprint density at radius 1 is 0.717 bits per heavy atom. The molecule has 46 heavy (non-hydrogen) atoms. The van der Waals surface area contributed by atoms with E-state index in [0.29, 0.717) is 34.6 Å². The number of phenolic OH excluding ortho intramolecular Hbond substituents is 1. The minimum Gasteiger partial charge on any atom is -0.506 e. The largest absolute Gasteiger partial charge is 0.506 e. The lowest BCUT2D eigenvalue weighted by molar-refractivity contribution is 0.102. The summed E-state index contributed by atoms with van der Waals surface area (Å²) in [6, 6.07) is 23.9. The van der Waals surface area contributed by atoms with Gasteiger partial charge in [0.25, 0.3) is 5.91 Å². The average Bonchev–Trinajstić information content (AvgIpc) is 3.50. The Labute approximate surface area is 271 Å². The third-order valence-corrected chi connectivity index (χ3v) is 8.39. The van der Waals surface area contributed by atoms with Gasteiger partial charge in [-0.2, -0.15) is 0 Å². The third-order valence-electron chi connectivity index (χ3n) is 8.39. The number of hydrogen-bond acceptors (Lipinski definition) is 6. The Hall–Kier alpha value is -4.59. The van der Waals surface area contributed by atoms with Crippen LogP contribution in [0.4, 0.5) is 5.69 Å². The number of para-hydroxylation sites is 3. The minimum atomic E-state index is -0.416. The standard InChI is InChI=1S/C38H46N4O4/c1-2-3-4-5-6-7-8-9-10-11-12-17-27-45-36-23-16-14-21-33(36)39-38(44)31-26-25-29-30(37(31)43)19-18-24-35(29)46-28-42-34-22-15-13-20-32(34)40-41-42/h13-16,18-26,43H,2-12,17,27-28H2,1H3,(H,39,44). The van der Waals surface area contributed by atoms with Crippen molar-refractivity contribution in [2.45, 2.75) is 90.7 Å². The molecule has 1 heterocycles. The van der Waals surface area contributed by atoms with Crippen molar-refractivity contribution in [3.63, 3.8) is 0 Å². The second-order valence-electron chi connectivity index (χ2n) is 11.9. The van der Waals surface area contributed by atoms with Crippen LogP contribution in [0.3, 0.4) is 0 Å². The highest BCUT2D eigenvalue weighted by Gasteiger charge is 2.17. The number of rotatable bonds is 19. The van der Waals surface area contributed by atoms with E-state index in [9.17, 15) is 9.90 Å². The zero-order valence-electron chi connectivity index (χ0n) is 26.9. The lowest BCUT2D eigenvalue weighted by atomic mass is 10.0. The Bertz CT molecular complexity index is 1700. The molecule has 0 spiro atoms. The van der Waals surface area contributed by atoms with E-state index < -0.39 is 5.91 Å². The van der Waals surface area contributed by atoms with Crippen LogP contribution in [0.1, 0.15) is 94.3 Å². The van der Waals surface area contributed by atoms with Gasteiger partial charge in [-0.15, -0.1) is 5.10 Å². The fourth-order valence-electron chi connectivity index (χ4n) is 5.78. The molecule has 8 heteroatoms. The number of nitrogens with zero attached hydrogens (tertiary/aromatic N) is 3. The normalized spacial score (nSPS) is 11.2. The molecule has 5 aromatic rings. The van der Waals surface area contributed by atoms with E-state index in [1.165, 1.54) is 64.2 Å². The number of carbonyl (C=O) groups is 1. The molecular formula is C38H46N4O4. The molecule has 1 amide bonds. The number of benzene rings is 4. The van der Waals surface area contributed by atoms with Crippen LogP contribution in [0, 0.1) is 0 Å². The molecule has 4 aromatic carbocycles. The molecule has 0 saturated carbocycles. The Balaban J connectivity index is 1.11. The van der Waals surface area contributed by atoms with Crippen molar-refractivity contribution < 1.29 is 19.4 Å². The number of hydrogen-bond donors (Lipinski definition) is 2. The van der Waals surface area contributed by atoms with E-state index in [-0.39, 0.29) is 18.0 Å².